The van der Waals surface area contributed by atoms with Crippen LogP contribution in [0.25, 0.3) is 0 Å². The summed E-state index contributed by atoms with van der Waals surface area (Å²) in [6.45, 7) is 1.21. The first kappa shape index (κ1) is 11.9. The second-order valence-electron chi connectivity index (χ2n) is 3.13. The lowest BCUT2D eigenvalue weighted by Gasteiger charge is -2.11. The van der Waals surface area contributed by atoms with Crippen LogP contribution in [0.2, 0.25) is 0 Å². The zero-order valence-electron chi connectivity index (χ0n) is 8.95. The van der Waals surface area contributed by atoms with Crippen molar-refractivity contribution in [3.8, 4) is 12.1 Å². The molecule has 0 aliphatic rings. The lowest BCUT2D eigenvalue weighted by molar-refractivity contribution is 1.06. The van der Waals surface area contributed by atoms with E-state index in [0.29, 0.717) is 25.9 Å². The SMILES string of the molecule is N#CCCNc1[c]cccc1NCCC#N. The van der Waals surface area contributed by atoms with Crippen LogP contribution in [0.15, 0.2) is 18.2 Å². The first-order chi connectivity index (χ1) is 7.88. The van der Waals surface area contributed by atoms with Gasteiger partial charge in [0.2, 0.25) is 0 Å². The topological polar surface area (TPSA) is 71.6 Å². The maximum absolute atomic E-state index is 8.44. The van der Waals surface area contributed by atoms with Gasteiger partial charge in [0.05, 0.1) is 36.4 Å². The quantitative estimate of drug-likeness (QED) is 0.710. The van der Waals surface area contributed by atoms with Crippen molar-refractivity contribution in [1.82, 2.24) is 0 Å². The molecule has 2 N–H and O–H groups in total. The smallest absolute Gasteiger partial charge is 0.0656 e. The van der Waals surface area contributed by atoms with Gasteiger partial charge in [-0.05, 0) is 6.07 Å². The zero-order chi connectivity index (χ0) is 11.6. The Hall–Kier alpha value is -2.20. The largest absolute Gasteiger partial charge is 0.382 e. The Labute approximate surface area is 95.5 Å². The van der Waals surface area contributed by atoms with Gasteiger partial charge in [-0.25, -0.2) is 0 Å². The Morgan fingerprint density at radius 3 is 2.50 bits per heavy atom. The number of hydrogen-bond acceptors (Lipinski definition) is 4. The summed E-state index contributed by atoms with van der Waals surface area (Å²) >= 11 is 0. The summed E-state index contributed by atoms with van der Waals surface area (Å²) in [7, 11) is 0. The maximum atomic E-state index is 8.44. The van der Waals surface area contributed by atoms with Crippen molar-refractivity contribution >= 4 is 11.4 Å². The Kier molecular flexibility index (Phi) is 5.30. The van der Waals surface area contributed by atoms with Crippen molar-refractivity contribution < 1.29 is 0 Å². The molecule has 1 aromatic rings. The molecule has 1 rings (SSSR count). The number of benzene rings is 1. The van der Waals surface area contributed by atoms with Gasteiger partial charge >= 0.3 is 0 Å². The summed E-state index contributed by atoms with van der Waals surface area (Å²) in [5.41, 5.74) is 1.76. The second-order valence-corrected chi connectivity index (χ2v) is 3.13. The highest BCUT2D eigenvalue weighted by atomic mass is 14.9. The van der Waals surface area contributed by atoms with E-state index < -0.39 is 0 Å². The summed E-state index contributed by atoms with van der Waals surface area (Å²) < 4.78 is 0. The van der Waals surface area contributed by atoms with Crippen LogP contribution in [0, 0.1) is 28.7 Å². The minimum Gasteiger partial charge on any atom is -0.382 e. The van der Waals surface area contributed by atoms with Gasteiger partial charge in [0, 0.05) is 19.2 Å². The minimum atomic E-state index is 0.459. The van der Waals surface area contributed by atoms with E-state index in [1.54, 1.807) is 0 Å². The van der Waals surface area contributed by atoms with E-state index in [2.05, 4.69) is 28.8 Å². The van der Waals surface area contributed by atoms with Crippen molar-refractivity contribution in [2.75, 3.05) is 23.7 Å². The number of nitrogens with zero attached hydrogens (tertiary/aromatic N) is 2. The molecule has 0 spiro atoms. The molecule has 1 radical (unpaired) electrons. The lowest BCUT2D eigenvalue weighted by Crippen LogP contribution is -2.06. The monoisotopic (exact) mass is 213 g/mol. The van der Waals surface area contributed by atoms with E-state index in [4.69, 9.17) is 10.5 Å². The maximum Gasteiger partial charge on any atom is 0.0656 e. The number of nitriles is 2. The lowest BCUT2D eigenvalue weighted by atomic mass is 10.2. The summed E-state index contributed by atoms with van der Waals surface area (Å²) in [5.74, 6) is 0. The van der Waals surface area contributed by atoms with Crippen LogP contribution in [0.5, 0.6) is 0 Å². The Morgan fingerprint density at radius 1 is 1.12 bits per heavy atom. The first-order valence-electron chi connectivity index (χ1n) is 5.11. The van der Waals surface area contributed by atoms with Gasteiger partial charge in [-0.1, -0.05) is 12.1 Å². The Morgan fingerprint density at radius 2 is 1.81 bits per heavy atom. The van der Waals surface area contributed by atoms with Crippen LogP contribution in [-0.4, -0.2) is 13.1 Å². The number of para-hydroxylation sites is 1. The zero-order valence-corrected chi connectivity index (χ0v) is 8.95. The predicted molar refractivity (Wildman–Crippen MR) is 62.7 cm³/mol. The molecule has 16 heavy (non-hydrogen) atoms. The summed E-state index contributed by atoms with van der Waals surface area (Å²) in [4.78, 5) is 0. The minimum absolute atomic E-state index is 0.459. The molecule has 0 saturated carbocycles. The van der Waals surface area contributed by atoms with E-state index in [-0.39, 0.29) is 0 Å². The van der Waals surface area contributed by atoms with Crippen molar-refractivity contribution in [3.63, 3.8) is 0 Å². The van der Waals surface area contributed by atoms with Crippen molar-refractivity contribution in [1.29, 1.82) is 10.5 Å². The third-order valence-electron chi connectivity index (χ3n) is 1.95. The molecular formula is C12H13N4. The van der Waals surface area contributed by atoms with Gasteiger partial charge in [0.15, 0.2) is 0 Å². The fourth-order valence-electron chi connectivity index (χ4n) is 1.23. The molecule has 0 amide bonds. The van der Waals surface area contributed by atoms with Crippen LogP contribution >= 0.6 is 0 Å². The molecule has 0 bridgehead atoms. The van der Waals surface area contributed by atoms with Gasteiger partial charge in [-0.3, -0.25) is 0 Å². The van der Waals surface area contributed by atoms with Gasteiger partial charge in [-0.15, -0.1) is 0 Å². The molecule has 0 aromatic heterocycles. The highest BCUT2D eigenvalue weighted by Gasteiger charge is 1.99. The van der Waals surface area contributed by atoms with E-state index in [0.717, 1.165) is 11.4 Å². The van der Waals surface area contributed by atoms with Crippen molar-refractivity contribution in [2.45, 2.75) is 12.8 Å². The van der Waals surface area contributed by atoms with Crippen molar-refractivity contribution in [3.05, 3.63) is 24.3 Å². The van der Waals surface area contributed by atoms with E-state index in [1.165, 1.54) is 0 Å². The molecule has 0 aliphatic carbocycles. The van der Waals surface area contributed by atoms with Gasteiger partial charge in [0.1, 0.15) is 0 Å². The van der Waals surface area contributed by atoms with Gasteiger partial charge < -0.3 is 10.6 Å². The molecule has 0 saturated heterocycles. The third kappa shape index (κ3) is 3.89. The van der Waals surface area contributed by atoms with E-state index >= 15 is 0 Å². The Bertz CT molecular complexity index is 361. The fraction of sp³-hybridized carbons (Fsp3) is 0.333. The average molecular weight is 213 g/mol. The molecule has 81 valence electrons. The standard InChI is InChI=1S/C12H13N4/c13-7-3-9-15-11-5-1-2-6-12(11)16-10-4-8-14/h1-2,5,15-16H,3-4,9-10H2. The number of rotatable bonds is 6. The first-order valence-corrected chi connectivity index (χ1v) is 5.11. The van der Waals surface area contributed by atoms with E-state index in [9.17, 15) is 0 Å². The molecule has 0 heterocycles. The van der Waals surface area contributed by atoms with E-state index in [1.807, 2.05) is 18.2 Å². The normalized spacial score (nSPS) is 8.88. The number of hydrogen-bond donors (Lipinski definition) is 2. The van der Waals surface area contributed by atoms with Gasteiger partial charge in [-0.2, -0.15) is 10.5 Å². The number of nitrogens with one attached hydrogen (secondary N) is 2. The highest BCUT2D eigenvalue weighted by molar-refractivity contribution is 5.67. The van der Waals surface area contributed by atoms with Gasteiger partial charge in [0.25, 0.3) is 0 Å². The summed E-state index contributed by atoms with van der Waals surface area (Å²) in [6, 6.07) is 12.8. The molecule has 1 aromatic carbocycles. The average Bonchev–Trinajstić information content (AvgIpc) is 2.32. The highest BCUT2D eigenvalue weighted by Crippen LogP contribution is 2.19. The van der Waals surface area contributed by atoms with Crippen LogP contribution in [0.1, 0.15) is 12.8 Å². The van der Waals surface area contributed by atoms with Crippen LogP contribution < -0.4 is 10.6 Å². The third-order valence-corrected chi connectivity index (χ3v) is 1.95. The van der Waals surface area contributed by atoms with Crippen LogP contribution in [0.3, 0.4) is 0 Å². The second kappa shape index (κ2) is 7.14. The molecule has 0 aliphatic heterocycles. The van der Waals surface area contributed by atoms with Crippen LogP contribution in [-0.2, 0) is 0 Å². The fourth-order valence-corrected chi connectivity index (χ4v) is 1.23. The Balaban J connectivity index is 2.54. The summed E-state index contributed by atoms with van der Waals surface area (Å²) in [6.07, 6.45) is 0.924. The van der Waals surface area contributed by atoms with Crippen molar-refractivity contribution in [2.24, 2.45) is 0 Å². The molecular weight excluding hydrogens is 200 g/mol. The van der Waals surface area contributed by atoms with Crippen LogP contribution in [0.4, 0.5) is 11.4 Å². The molecule has 0 fully saturated rings. The predicted octanol–water partition coefficient (Wildman–Crippen LogP) is 2.14. The molecule has 0 unspecified atom stereocenters. The molecule has 4 heteroatoms. The molecule has 4 nitrogen and oxygen atoms in total. The number of anilines is 2. The molecule has 0 atom stereocenters. The summed E-state index contributed by atoms with van der Waals surface area (Å²) in [5, 5.41) is 23.1.